The molecule has 8 nitrogen and oxygen atoms in total. The van der Waals surface area contributed by atoms with E-state index >= 15 is 0 Å². The molecule has 2 amide bonds. The number of aryl methyl sites for hydroxylation is 2. The minimum atomic E-state index is -0.351. The van der Waals surface area contributed by atoms with Gasteiger partial charge in [-0.15, -0.1) is 0 Å². The first-order chi connectivity index (χ1) is 20.0. The largest absolute Gasteiger partial charge is 0.497 e. The molecule has 0 aliphatic carbocycles. The Morgan fingerprint density at radius 2 is 1.76 bits per heavy atom. The Balaban J connectivity index is 1.51. The number of aromatic nitrogens is 3. The van der Waals surface area contributed by atoms with Gasteiger partial charge in [-0.05, 0) is 60.9 Å². The number of rotatable bonds is 6. The van der Waals surface area contributed by atoms with Crippen LogP contribution in [0.3, 0.4) is 0 Å². The Morgan fingerprint density at radius 1 is 0.976 bits per heavy atom. The molecule has 0 saturated carbocycles. The van der Waals surface area contributed by atoms with Crippen molar-refractivity contribution in [1.29, 1.82) is 0 Å². The molecule has 3 aromatic carbocycles. The number of benzene rings is 3. The van der Waals surface area contributed by atoms with Crippen LogP contribution in [0.25, 0.3) is 11.5 Å². The van der Waals surface area contributed by atoms with E-state index in [1.54, 1.807) is 32.4 Å². The quantitative estimate of drug-likeness (QED) is 0.257. The first kappa shape index (κ1) is 26.3. The Labute approximate surface area is 239 Å². The summed E-state index contributed by atoms with van der Waals surface area (Å²) in [5, 5.41) is 8.05. The van der Waals surface area contributed by atoms with Crippen molar-refractivity contribution < 1.29 is 14.3 Å². The number of fused-ring (bicyclic) bond motifs is 3. The second-order valence-electron chi connectivity index (χ2n) is 10.1. The smallest absolute Gasteiger partial charge is 0.323 e. The maximum atomic E-state index is 14.3. The maximum absolute atomic E-state index is 14.3. The van der Waals surface area contributed by atoms with Gasteiger partial charge >= 0.3 is 6.03 Å². The first-order valence-corrected chi connectivity index (χ1v) is 13.7. The molecule has 0 bridgehead atoms. The number of anilines is 1. The molecular formula is C33H33N5O3. The van der Waals surface area contributed by atoms with Crippen molar-refractivity contribution in [1.82, 2.24) is 19.2 Å². The summed E-state index contributed by atoms with van der Waals surface area (Å²) in [5.74, 6) is 2.10. The van der Waals surface area contributed by atoms with E-state index in [4.69, 9.17) is 14.6 Å². The number of carbonyl (C=O) groups excluding carboxylic acids is 1. The molecule has 41 heavy (non-hydrogen) atoms. The summed E-state index contributed by atoms with van der Waals surface area (Å²) in [4.78, 5) is 16.2. The highest BCUT2D eigenvalue weighted by Crippen LogP contribution is 2.39. The fourth-order valence-corrected chi connectivity index (χ4v) is 5.52. The molecule has 0 unspecified atom stereocenters. The van der Waals surface area contributed by atoms with Gasteiger partial charge in [-0.25, -0.2) is 9.48 Å². The van der Waals surface area contributed by atoms with Crippen molar-refractivity contribution >= 4 is 11.7 Å². The minimum Gasteiger partial charge on any atom is -0.497 e. The van der Waals surface area contributed by atoms with Crippen LogP contribution in [0.2, 0.25) is 0 Å². The lowest BCUT2D eigenvalue weighted by Crippen LogP contribution is -2.38. The summed E-state index contributed by atoms with van der Waals surface area (Å²) in [7, 11) is 3.18. The number of hydrogen-bond acceptors (Lipinski definition) is 4. The van der Waals surface area contributed by atoms with Crippen molar-refractivity contribution in [2.45, 2.75) is 32.9 Å². The predicted molar refractivity (Wildman–Crippen MR) is 159 cm³/mol. The molecule has 0 radical (unpaired) electrons. The van der Waals surface area contributed by atoms with Crippen LogP contribution in [0.1, 0.15) is 41.0 Å². The Kier molecular flexibility index (Phi) is 6.97. The number of ether oxygens (including phenoxy) is 2. The van der Waals surface area contributed by atoms with Gasteiger partial charge in [0.15, 0.2) is 0 Å². The van der Waals surface area contributed by atoms with E-state index in [-0.39, 0.29) is 12.1 Å². The van der Waals surface area contributed by atoms with Crippen molar-refractivity contribution in [3.05, 3.63) is 119 Å². The normalized spacial score (nSPS) is 14.1. The third kappa shape index (κ3) is 4.71. The van der Waals surface area contributed by atoms with Crippen molar-refractivity contribution in [3.63, 3.8) is 0 Å². The average molecular weight is 548 g/mol. The van der Waals surface area contributed by atoms with E-state index in [1.807, 2.05) is 52.9 Å². The third-order valence-electron chi connectivity index (χ3n) is 7.70. The van der Waals surface area contributed by atoms with Crippen LogP contribution >= 0.6 is 0 Å². The second kappa shape index (κ2) is 10.9. The van der Waals surface area contributed by atoms with E-state index in [1.165, 1.54) is 5.56 Å². The van der Waals surface area contributed by atoms with Gasteiger partial charge in [-0.1, -0.05) is 49.4 Å². The van der Waals surface area contributed by atoms with Gasteiger partial charge in [-0.2, -0.15) is 5.10 Å². The van der Waals surface area contributed by atoms with Crippen molar-refractivity contribution in [2.75, 3.05) is 19.5 Å². The highest BCUT2D eigenvalue weighted by Gasteiger charge is 2.36. The topological polar surface area (TPSA) is 73.6 Å². The SMILES string of the molecule is CCc1ccc([C@@H]2c3cccn3-c3c(c(C)nn3-c3ccccc3)CN2C(=O)Nc2ccc(OC)cc2OC)cc1. The predicted octanol–water partition coefficient (Wildman–Crippen LogP) is 6.69. The van der Waals surface area contributed by atoms with Crippen LogP contribution in [0.4, 0.5) is 10.5 Å². The highest BCUT2D eigenvalue weighted by molar-refractivity contribution is 5.92. The number of carbonyl (C=O) groups is 1. The first-order valence-electron chi connectivity index (χ1n) is 13.7. The summed E-state index contributed by atoms with van der Waals surface area (Å²) in [6, 6.07) is 27.5. The Hall–Kier alpha value is -4.98. The monoisotopic (exact) mass is 547 g/mol. The van der Waals surface area contributed by atoms with Crippen LogP contribution in [0, 0.1) is 6.92 Å². The molecule has 1 aliphatic heterocycles. The second-order valence-corrected chi connectivity index (χ2v) is 10.1. The molecule has 5 aromatic rings. The summed E-state index contributed by atoms with van der Waals surface area (Å²) in [5.41, 5.74) is 6.62. The minimum absolute atomic E-state index is 0.245. The third-order valence-corrected chi connectivity index (χ3v) is 7.70. The standard InChI is InChI=1S/C33H33N5O3/c1-5-23-13-15-24(16-14-23)31-29-12-9-19-36(29)32-27(22(2)35-38(32)25-10-7-6-8-11-25)21-37(31)33(39)34-28-18-17-26(40-3)20-30(28)41-4/h6-20,31H,5,21H2,1-4H3,(H,34,39)/t31-/m1/s1. The number of amides is 2. The van der Waals surface area contributed by atoms with E-state index < -0.39 is 0 Å². The number of para-hydroxylation sites is 1. The molecule has 1 atom stereocenters. The fraction of sp³-hybridized carbons (Fsp3) is 0.212. The van der Waals surface area contributed by atoms with E-state index in [2.05, 4.69) is 53.3 Å². The summed E-state index contributed by atoms with van der Waals surface area (Å²) >= 11 is 0. The molecular weight excluding hydrogens is 514 g/mol. The van der Waals surface area contributed by atoms with Crippen LogP contribution in [0.15, 0.2) is 91.1 Å². The average Bonchev–Trinajstić information content (AvgIpc) is 3.58. The summed E-state index contributed by atoms with van der Waals surface area (Å²) < 4.78 is 15.1. The number of methoxy groups -OCH3 is 2. The molecule has 6 rings (SSSR count). The summed E-state index contributed by atoms with van der Waals surface area (Å²) in [6.45, 7) is 4.50. The van der Waals surface area contributed by atoms with E-state index in [9.17, 15) is 4.79 Å². The Bertz CT molecular complexity index is 1690. The lowest BCUT2D eigenvalue weighted by Gasteiger charge is -2.31. The number of nitrogens with one attached hydrogen (secondary N) is 1. The van der Waals surface area contributed by atoms with Crippen LogP contribution < -0.4 is 14.8 Å². The zero-order valence-corrected chi connectivity index (χ0v) is 23.7. The molecule has 2 aromatic heterocycles. The van der Waals surface area contributed by atoms with Crippen LogP contribution in [-0.4, -0.2) is 39.5 Å². The van der Waals surface area contributed by atoms with Gasteiger partial charge in [-0.3, -0.25) is 0 Å². The van der Waals surface area contributed by atoms with Gasteiger partial charge < -0.3 is 24.3 Å². The number of hydrogen-bond donors (Lipinski definition) is 1. The van der Waals surface area contributed by atoms with Gasteiger partial charge in [0.1, 0.15) is 17.3 Å². The van der Waals surface area contributed by atoms with E-state index in [0.717, 1.165) is 40.4 Å². The fourth-order valence-electron chi connectivity index (χ4n) is 5.52. The van der Waals surface area contributed by atoms with Crippen molar-refractivity contribution in [3.8, 4) is 23.0 Å². The Morgan fingerprint density at radius 3 is 2.46 bits per heavy atom. The zero-order chi connectivity index (χ0) is 28.5. The van der Waals surface area contributed by atoms with Crippen molar-refractivity contribution in [2.24, 2.45) is 0 Å². The van der Waals surface area contributed by atoms with Gasteiger partial charge in [0.25, 0.3) is 0 Å². The van der Waals surface area contributed by atoms with Gasteiger partial charge in [0, 0.05) is 17.8 Å². The van der Waals surface area contributed by atoms with Gasteiger partial charge in [0.05, 0.1) is 49.6 Å². The zero-order valence-electron chi connectivity index (χ0n) is 23.7. The molecule has 8 heteroatoms. The molecule has 1 N–H and O–H groups in total. The van der Waals surface area contributed by atoms with Gasteiger partial charge in [0.2, 0.25) is 0 Å². The van der Waals surface area contributed by atoms with Crippen LogP contribution in [-0.2, 0) is 13.0 Å². The highest BCUT2D eigenvalue weighted by atomic mass is 16.5. The molecule has 3 heterocycles. The number of nitrogens with zero attached hydrogens (tertiary/aromatic N) is 4. The molecule has 0 saturated heterocycles. The maximum Gasteiger partial charge on any atom is 0.323 e. The lowest BCUT2D eigenvalue weighted by atomic mass is 9.99. The summed E-state index contributed by atoms with van der Waals surface area (Å²) in [6.07, 6.45) is 3.00. The lowest BCUT2D eigenvalue weighted by molar-refractivity contribution is 0.194. The van der Waals surface area contributed by atoms with Crippen LogP contribution in [0.5, 0.6) is 11.5 Å². The molecule has 0 spiro atoms. The van der Waals surface area contributed by atoms with E-state index in [0.29, 0.717) is 23.7 Å². The molecule has 1 aliphatic rings. The molecule has 0 fully saturated rings. The number of urea groups is 1. The molecule has 208 valence electrons.